The maximum atomic E-state index is 11.1. The summed E-state index contributed by atoms with van der Waals surface area (Å²) in [6, 6.07) is 7.30. The Morgan fingerprint density at radius 3 is 2.07 bits per heavy atom. The van der Waals surface area contributed by atoms with Crippen LogP contribution in [0, 0.1) is 6.92 Å². The molecule has 0 aromatic heterocycles. The van der Waals surface area contributed by atoms with Gasteiger partial charge in [0.15, 0.2) is 0 Å². The van der Waals surface area contributed by atoms with Crippen LogP contribution in [0.3, 0.4) is 0 Å². The van der Waals surface area contributed by atoms with Crippen molar-refractivity contribution in [1.82, 2.24) is 0 Å². The molecule has 2 heteroatoms. The standard InChI is InChI=1S/C11H12O2.C2H6/c1-8(2)11(12)13-10-6-4-9(3)5-7-10;1-2/h4-7H,1H2,2-3H3;1-2H3. The molecule has 0 aliphatic rings. The third kappa shape index (κ3) is 5.01. The first-order valence-corrected chi connectivity index (χ1v) is 5.04. The van der Waals surface area contributed by atoms with E-state index in [0.29, 0.717) is 11.3 Å². The number of carbonyl (C=O) groups excluding carboxylic acids is 1. The molecule has 1 rings (SSSR count). The fourth-order valence-electron chi connectivity index (χ4n) is 0.800. The first-order chi connectivity index (χ1) is 7.09. The lowest BCUT2D eigenvalue weighted by Gasteiger charge is -2.02. The highest BCUT2D eigenvalue weighted by atomic mass is 16.5. The molecule has 0 aliphatic heterocycles. The maximum absolute atomic E-state index is 11.1. The zero-order valence-electron chi connectivity index (χ0n) is 9.83. The van der Waals surface area contributed by atoms with E-state index in [1.54, 1.807) is 19.1 Å². The monoisotopic (exact) mass is 206 g/mol. The fourth-order valence-corrected chi connectivity index (χ4v) is 0.800. The molecule has 2 nitrogen and oxygen atoms in total. The van der Waals surface area contributed by atoms with Gasteiger partial charge in [-0.25, -0.2) is 4.79 Å². The van der Waals surface area contributed by atoms with E-state index in [9.17, 15) is 4.79 Å². The Balaban J connectivity index is 0.000000921. The van der Waals surface area contributed by atoms with E-state index in [4.69, 9.17) is 4.74 Å². The fraction of sp³-hybridized carbons (Fsp3) is 0.308. The molecule has 0 spiro atoms. The summed E-state index contributed by atoms with van der Waals surface area (Å²) in [5.41, 5.74) is 1.54. The van der Waals surface area contributed by atoms with Gasteiger partial charge in [0.2, 0.25) is 0 Å². The van der Waals surface area contributed by atoms with E-state index < -0.39 is 0 Å². The van der Waals surface area contributed by atoms with E-state index in [2.05, 4.69) is 6.58 Å². The number of esters is 1. The third-order valence-electron chi connectivity index (χ3n) is 1.58. The molecule has 0 radical (unpaired) electrons. The van der Waals surface area contributed by atoms with Crippen LogP contribution in [-0.4, -0.2) is 5.97 Å². The molecule has 82 valence electrons. The van der Waals surface area contributed by atoms with Crippen LogP contribution in [-0.2, 0) is 4.79 Å². The number of rotatable bonds is 2. The summed E-state index contributed by atoms with van der Waals surface area (Å²) in [6.07, 6.45) is 0. The Hall–Kier alpha value is -1.57. The van der Waals surface area contributed by atoms with Crippen molar-refractivity contribution in [3.8, 4) is 5.75 Å². The normalized spacial score (nSPS) is 8.53. The van der Waals surface area contributed by atoms with Gasteiger partial charge in [-0.05, 0) is 26.0 Å². The first-order valence-electron chi connectivity index (χ1n) is 5.04. The van der Waals surface area contributed by atoms with Crippen LogP contribution in [0.15, 0.2) is 36.4 Å². The highest BCUT2D eigenvalue weighted by Gasteiger charge is 2.03. The van der Waals surface area contributed by atoms with Crippen molar-refractivity contribution in [3.63, 3.8) is 0 Å². The van der Waals surface area contributed by atoms with Crippen LogP contribution < -0.4 is 4.74 Å². The lowest BCUT2D eigenvalue weighted by Crippen LogP contribution is -2.07. The minimum Gasteiger partial charge on any atom is -0.423 e. The summed E-state index contributed by atoms with van der Waals surface area (Å²) >= 11 is 0. The molecule has 0 aliphatic carbocycles. The molecule has 0 saturated heterocycles. The first kappa shape index (κ1) is 13.4. The van der Waals surface area contributed by atoms with Gasteiger partial charge in [-0.3, -0.25) is 0 Å². The van der Waals surface area contributed by atoms with Crippen molar-refractivity contribution in [2.24, 2.45) is 0 Å². The molecular formula is C13H18O2. The largest absolute Gasteiger partial charge is 0.423 e. The number of ether oxygens (including phenoxy) is 1. The molecule has 0 atom stereocenters. The van der Waals surface area contributed by atoms with Gasteiger partial charge < -0.3 is 4.74 Å². The molecule has 1 aromatic carbocycles. The number of hydrogen-bond donors (Lipinski definition) is 0. The van der Waals surface area contributed by atoms with Gasteiger partial charge in [0.1, 0.15) is 5.75 Å². The zero-order valence-corrected chi connectivity index (χ0v) is 9.83. The Labute approximate surface area is 91.6 Å². The molecule has 0 amide bonds. The van der Waals surface area contributed by atoms with Crippen molar-refractivity contribution < 1.29 is 9.53 Å². The summed E-state index contributed by atoms with van der Waals surface area (Å²) < 4.78 is 4.99. The predicted molar refractivity (Wildman–Crippen MR) is 63.0 cm³/mol. The lowest BCUT2D eigenvalue weighted by molar-refractivity contribution is -0.130. The lowest BCUT2D eigenvalue weighted by atomic mass is 10.2. The molecule has 0 saturated carbocycles. The van der Waals surface area contributed by atoms with Crippen molar-refractivity contribution >= 4 is 5.97 Å². The number of hydrogen-bond acceptors (Lipinski definition) is 2. The minimum absolute atomic E-state index is 0.385. The van der Waals surface area contributed by atoms with Gasteiger partial charge in [-0.2, -0.15) is 0 Å². The number of benzene rings is 1. The molecule has 0 heterocycles. The van der Waals surface area contributed by atoms with E-state index in [0.717, 1.165) is 5.56 Å². The van der Waals surface area contributed by atoms with E-state index in [1.807, 2.05) is 32.9 Å². The van der Waals surface area contributed by atoms with Crippen LogP contribution >= 0.6 is 0 Å². The summed E-state index contributed by atoms with van der Waals surface area (Å²) in [5.74, 6) is 0.169. The van der Waals surface area contributed by atoms with Gasteiger partial charge in [-0.15, -0.1) is 0 Å². The number of carbonyl (C=O) groups is 1. The summed E-state index contributed by atoms with van der Waals surface area (Å²) in [6.45, 7) is 11.1. The van der Waals surface area contributed by atoms with Crippen LogP contribution in [0.4, 0.5) is 0 Å². The molecule has 0 unspecified atom stereocenters. The van der Waals surface area contributed by atoms with Gasteiger partial charge >= 0.3 is 5.97 Å². The smallest absolute Gasteiger partial charge is 0.338 e. The summed E-state index contributed by atoms with van der Waals surface area (Å²) in [4.78, 5) is 11.1. The Morgan fingerprint density at radius 1 is 1.20 bits per heavy atom. The Morgan fingerprint density at radius 2 is 1.67 bits per heavy atom. The van der Waals surface area contributed by atoms with Gasteiger partial charge in [0.25, 0.3) is 0 Å². The van der Waals surface area contributed by atoms with Crippen molar-refractivity contribution in [2.75, 3.05) is 0 Å². The van der Waals surface area contributed by atoms with Crippen molar-refractivity contribution in [1.29, 1.82) is 0 Å². The number of aryl methyl sites for hydroxylation is 1. The molecular weight excluding hydrogens is 188 g/mol. The van der Waals surface area contributed by atoms with E-state index in [1.165, 1.54) is 0 Å². The Bertz CT molecular complexity index is 323. The third-order valence-corrected chi connectivity index (χ3v) is 1.58. The van der Waals surface area contributed by atoms with Crippen LogP contribution in [0.5, 0.6) is 5.75 Å². The van der Waals surface area contributed by atoms with Gasteiger partial charge in [0, 0.05) is 5.57 Å². The average Bonchev–Trinajstić information content (AvgIpc) is 2.24. The molecule has 0 bridgehead atoms. The average molecular weight is 206 g/mol. The van der Waals surface area contributed by atoms with Gasteiger partial charge in [-0.1, -0.05) is 38.1 Å². The quantitative estimate of drug-likeness (QED) is 0.420. The Kier molecular flexibility index (Phi) is 6.11. The molecule has 1 aromatic rings. The SMILES string of the molecule is C=C(C)C(=O)Oc1ccc(C)cc1.CC. The molecule has 15 heavy (non-hydrogen) atoms. The van der Waals surface area contributed by atoms with Crippen LogP contribution in [0.2, 0.25) is 0 Å². The van der Waals surface area contributed by atoms with E-state index >= 15 is 0 Å². The van der Waals surface area contributed by atoms with Crippen LogP contribution in [0.1, 0.15) is 26.3 Å². The summed E-state index contributed by atoms with van der Waals surface area (Å²) in [7, 11) is 0. The van der Waals surface area contributed by atoms with E-state index in [-0.39, 0.29) is 5.97 Å². The maximum Gasteiger partial charge on any atom is 0.338 e. The molecule has 0 fully saturated rings. The second-order valence-electron chi connectivity index (χ2n) is 2.98. The second-order valence-corrected chi connectivity index (χ2v) is 2.98. The van der Waals surface area contributed by atoms with Crippen molar-refractivity contribution in [3.05, 3.63) is 42.0 Å². The van der Waals surface area contributed by atoms with Crippen LogP contribution in [0.25, 0.3) is 0 Å². The predicted octanol–water partition coefficient (Wildman–Crippen LogP) is 3.50. The second kappa shape index (κ2) is 6.82. The minimum atomic E-state index is -0.385. The highest BCUT2D eigenvalue weighted by molar-refractivity contribution is 5.88. The topological polar surface area (TPSA) is 26.3 Å². The van der Waals surface area contributed by atoms with Gasteiger partial charge in [0.05, 0.1) is 0 Å². The zero-order chi connectivity index (χ0) is 11.8. The van der Waals surface area contributed by atoms with Crippen molar-refractivity contribution in [2.45, 2.75) is 27.7 Å². The molecule has 0 N–H and O–H groups in total. The highest BCUT2D eigenvalue weighted by Crippen LogP contribution is 2.12. The summed E-state index contributed by atoms with van der Waals surface area (Å²) in [5, 5.41) is 0.